The number of aliphatic carboxylic acids is 1. The number of hydrogen-bond donors (Lipinski definition) is 1. The van der Waals surface area contributed by atoms with Crippen LogP contribution >= 0.6 is 0 Å². The largest absolute Gasteiger partial charge is 0.481 e. The van der Waals surface area contributed by atoms with Crippen molar-refractivity contribution in [2.75, 3.05) is 0 Å². The van der Waals surface area contributed by atoms with Gasteiger partial charge in [-0.3, -0.25) is 4.79 Å². The van der Waals surface area contributed by atoms with Crippen LogP contribution in [-0.2, 0) is 4.79 Å². The van der Waals surface area contributed by atoms with E-state index in [0.717, 1.165) is 6.42 Å². The van der Waals surface area contributed by atoms with Crippen molar-refractivity contribution in [2.45, 2.75) is 33.6 Å². The fourth-order valence-corrected chi connectivity index (χ4v) is 1.42. The highest BCUT2D eigenvalue weighted by Gasteiger charge is 2.09. The minimum Gasteiger partial charge on any atom is -0.481 e. The molecule has 2 unspecified atom stereocenters. The van der Waals surface area contributed by atoms with Crippen LogP contribution in [0.2, 0.25) is 0 Å². The second-order valence-corrected chi connectivity index (χ2v) is 3.44. The maximum atomic E-state index is 10.3. The molecule has 0 aromatic carbocycles. The van der Waals surface area contributed by atoms with Crippen LogP contribution < -0.4 is 0 Å². The summed E-state index contributed by atoms with van der Waals surface area (Å²) in [5.74, 6) is 0.0632. The average molecular weight is 170 g/mol. The molecule has 0 aliphatic rings. The van der Waals surface area contributed by atoms with Gasteiger partial charge in [0.05, 0.1) is 0 Å². The van der Waals surface area contributed by atoms with E-state index in [0.29, 0.717) is 5.92 Å². The fraction of sp³-hybridized carbons (Fsp3) is 0.700. The normalized spacial score (nSPS) is 16.2. The zero-order valence-corrected chi connectivity index (χ0v) is 8.08. The van der Waals surface area contributed by atoms with Gasteiger partial charge in [0.25, 0.3) is 0 Å². The Morgan fingerprint density at radius 1 is 1.50 bits per heavy atom. The Morgan fingerprint density at radius 2 is 2.08 bits per heavy atom. The first-order valence-electron chi connectivity index (χ1n) is 4.40. The molecular formula is C10H18O2. The Bertz CT molecular complexity index is 161. The molecule has 0 aromatic heterocycles. The van der Waals surface area contributed by atoms with Crippen LogP contribution in [0.15, 0.2) is 12.2 Å². The Labute approximate surface area is 74.3 Å². The van der Waals surface area contributed by atoms with Crippen LogP contribution in [0.1, 0.15) is 33.6 Å². The number of rotatable bonds is 5. The van der Waals surface area contributed by atoms with E-state index < -0.39 is 5.97 Å². The van der Waals surface area contributed by atoms with Gasteiger partial charge in [0.1, 0.15) is 0 Å². The lowest BCUT2D eigenvalue weighted by atomic mass is 9.94. The van der Waals surface area contributed by atoms with E-state index >= 15 is 0 Å². The average Bonchev–Trinajstić information content (AvgIpc) is 1.84. The monoisotopic (exact) mass is 170 g/mol. The maximum absolute atomic E-state index is 10.3. The molecule has 70 valence electrons. The van der Waals surface area contributed by atoms with E-state index in [9.17, 15) is 4.79 Å². The second-order valence-electron chi connectivity index (χ2n) is 3.44. The van der Waals surface area contributed by atoms with Gasteiger partial charge in [0.15, 0.2) is 0 Å². The van der Waals surface area contributed by atoms with E-state index in [-0.39, 0.29) is 12.3 Å². The second kappa shape index (κ2) is 5.81. The van der Waals surface area contributed by atoms with Gasteiger partial charge in [-0.15, -0.1) is 0 Å². The van der Waals surface area contributed by atoms with Crippen LogP contribution in [0, 0.1) is 11.8 Å². The Balaban J connectivity index is 3.67. The fourth-order valence-electron chi connectivity index (χ4n) is 1.42. The molecule has 0 spiro atoms. The number of hydrogen-bond acceptors (Lipinski definition) is 1. The van der Waals surface area contributed by atoms with Crippen molar-refractivity contribution in [3.63, 3.8) is 0 Å². The summed E-state index contributed by atoms with van der Waals surface area (Å²) < 4.78 is 0. The number of carboxylic acid groups (broad SMARTS) is 1. The zero-order valence-electron chi connectivity index (χ0n) is 8.08. The van der Waals surface area contributed by atoms with Gasteiger partial charge in [-0.25, -0.2) is 0 Å². The Hall–Kier alpha value is -0.790. The molecule has 0 rings (SSSR count). The predicted octanol–water partition coefficient (Wildman–Crippen LogP) is 2.70. The molecule has 0 amide bonds. The summed E-state index contributed by atoms with van der Waals surface area (Å²) in [5.41, 5.74) is 0. The van der Waals surface area contributed by atoms with Crippen molar-refractivity contribution in [3.8, 4) is 0 Å². The molecule has 0 aliphatic carbocycles. The third kappa shape index (κ3) is 5.96. The molecule has 2 atom stereocenters. The van der Waals surface area contributed by atoms with E-state index in [1.54, 1.807) is 0 Å². The molecule has 2 nitrogen and oxygen atoms in total. The minimum atomic E-state index is -0.699. The van der Waals surface area contributed by atoms with Crippen LogP contribution in [0.3, 0.4) is 0 Å². The molecule has 0 aromatic rings. The summed E-state index contributed by atoms with van der Waals surface area (Å²) in [6.07, 6.45) is 5.36. The number of carboxylic acids is 1. The van der Waals surface area contributed by atoms with Crippen LogP contribution in [0.4, 0.5) is 0 Å². The third-order valence-electron chi connectivity index (χ3n) is 1.82. The Morgan fingerprint density at radius 3 is 2.50 bits per heavy atom. The van der Waals surface area contributed by atoms with Crippen molar-refractivity contribution < 1.29 is 9.90 Å². The summed E-state index contributed by atoms with van der Waals surface area (Å²) in [5, 5.41) is 8.51. The molecule has 0 saturated heterocycles. The van der Waals surface area contributed by atoms with Gasteiger partial charge in [-0.2, -0.15) is 0 Å². The van der Waals surface area contributed by atoms with Crippen molar-refractivity contribution in [1.29, 1.82) is 0 Å². The molecule has 0 fully saturated rings. The lowest BCUT2D eigenvalue weighted by molar-refractivity contribution is -0.138. The van der Waals surface area contributed by atoms with Gasteiger partial charge in [0, 0.05) is 6.42 Å². The first kappa shape index (κ1) is 11.2. The Kier molecular flexibility index (Phi) is 5.43. The van der Waals surface area contributed by atoms with Crippen molar-refractivity contribution in [3.05, 3.63) is 12.2 Å². The van der Waals surface area contributed by atoms with Crippen molar-refractivity contribution in [2.24, 2.45) is 11.8 Å². The molecule has 12 heavy (non-hydrogen) atoms. The zero-order chi connectivity index (χ0) is 9.56. The van der Waals surface area contributed by atoms with Crippen LogP contribution in [-0.4, -0.2) is 11.1 Å². The lowest BCUT2D eigenvalue weighted by Gasteiger charge is -2.11. The van der Waals surface area contributed by atoms with Crippen molar-refractivity contribution >= 4 is 5.97 Å². The van der Waals surface area contributed by atoms with Gasteiger partial charge >= 0.3 is 5.97 Å². The molecule has 0 bridgehead atoms. The maximum Gasteiger partial charge on any atom is 0.303 e. The van der Waals surface area contributed by atoms with E-state index in [1.807, 2.05) is 19.9 Å². The molecule has 1 N–H and O–H groups in total. The molecule has 0 saturated carbocycles. The molecule has 2 heteroatoms. The highest BCUT2D eigenvalue weighted by Crippen LogP contribution is 2.15. The van der Waals surface area contributed by atoms with E-state index in [4.69, 9.17) is 5.11 Å². The number of carbonyl (C=O) groups is 1. The van der Waals surface area contributed by atoms with Crippen LogP contribution in [0.5, 0.6) is 0 Å². The van der Waals surface area contributed by atoms with Crippen LogP contribution in [0.25, 0.3) is 0 Å². The summed E-state index contributed by atoms with van der Waals surface area (Å²) in [6, 6.07) is 0. The highest BCUT2D eigenvalue weighted by atomic mass is 16.4. The SMILES string of the molecule is C/C=C/C(C)CC(C)CC(=O)O. The van der Waals surface area contributed by atoms with Gasteiger partial charge in [0.2, 0.25) is 0 Å². The van der Waals surface area contributed by atoms with E-state index in [2.05, 4.69) is 13.0 Å². The van der Waals surface area contributed by atoms with E-state index in [1.165, 1.54) is 0 Å². The number of allylic oxidation sites excluding steroid dienone is 2. The molecule has 0 aliphatic heterocycles. The molecule has 0 heterocycles. The quantitative estimate of drug-likeness (QED) is 0.644. The minimum absolute atomic E-state index is 0.272. The van der Waals surface area contributed by atoms with Crippen molar-refractivity contribution in [1.82, 2.24) is 0 Å². The molecular weight excluding hydrogens is 152 g/mol. The first-order chi connectivity index (χ1) is 5.56. The van der Waals surface area contributed by atoms with Gasteiger partial charge < -0.3 is 5.11 Å². The first-order valence-corrected chi connectivity index (χ1v) is 4.40. The summed E-state index contributed by atoms with van der Waals surface area (Å²) in [4.78, 5) is 10.3. The summed E-state index contributed by atoms with van der Waals surface area (Å²) in [7, 11) is 0. The summed E-state index contributed by atoms with van der Waals surface area (Å²) >= 11 is 0. The third-order valence-corrected chi connectivity index (χ3v) is 1.82. The topological polar surface area (TPSA) is 37.3 Å². The lowest BCUT2D eigenvalue weighted by Crippen LogP contribution is -2.07. The summed E-state index contributed by atoms with van der Waals surface area (Å²) in [6.45, 7) is 6.07. The smallest absolute Gasteiger partial charge is 0.303 e. The predicted molar refractivity (Wildman–Crippen MR) is 50.0 cm³/mol. The standard InChI is InChI=1S/C10H18O2/c1-4-5-8(2)6-9(3)7-10(11)12/h4-5,8-9H,6-7H2,1-3H3,(H,11,12)/b5-4+. The highest BCUT2D eigenvalue weighted by molar-refractivity contribution is 5.66. The molecule has 0 radical (unpaired) electrons. The van der Waals surface area contributed by atoms with Gasteiger partial charge in [-0.1, -0.05) is 26.0 Å². The van der Waals surface area contributed by atoms with Gasteiger partial charge in [-0.05, 0) is 25.2 Å².